The molecule has 3 nitrogen and oxygen atoms in total. The molecule has 2 fully saturated rings. The summed E-state index contributed by atoms with van der Waals surface area (Å²) in [6.07, 6.45) is -1.02. The SMILES string of the molecule is Fc1cc2c(c(N3CCCC[C@@H]3C(F)(F)F)c1)N=C(C1CC1)NS2. The van der Waals surface area contributed by atoms with Gasteiger partial charge in [0.1, 0.15) is 23.4 Å². The molecule has 8 heteroatoms. The third-order valence-corrected chi connectivity index (χ3v) is 5.51. The van der Waals surface area contributed by atoms with Crippen LogP contribution < -0.4 is 9.62 Å². The Bertz CT molecular complexity index is 685. The van der Waals surface area contributed by atoms with E-state index in [0.717, 1.165) is 18.7 Å². The maximum atomic E-state index is 14.0. The van der Waals surface area contributed by atoms with E-state index in [1.54, 1.807) is 0 Å². The molecule has 1 N–H and O–H groups in total. The van der Waals surface area contributed by atoms with Crippen molar-refractivity contribution < 1.29 is 17.6 Å². The van der Waals surface area contributed by atoms with E-state index in [2.05, 4.69) is 9.71 Å². The number of fused-ring (bicyclic) bond motifs is 1. The van der Waals surface area contributed by atoms with Crippen LogP contribution in [0.25, 0.3) is 0 Å². The zero-order chi connectivity index (χ0) is 16.9. The fourth-order valence-electron chi connectivity index (χ4n) is 3.31. The minimum atomic E-state index is -4.33. The summed E-state index contributed by atoms with van der Waals surface area (Å²) >= 11 is 1.24. The van der Waals surface area contributed by atoms with Gasteiger partial charge in [-0.2, -0.15) is 13.2 Å². The Hall–Kier alpha value is -1.44. The van der Waals surface area contributed by atoms with Gasteiger partial charge in [0.15, 0.2) is 0 Å². The molecule has 0 spiro atoms. The Morgan fingerprint density at radius 2 is 1.96 bits per heavy atom. The summed E-state index contributed by atoms with van der Waals surface area (Å²) in [5.41, 5.74) is 0.734. The smallest absolute Gasteiger partial charge is 0.358 e. The number of hydrogen-bond acceptors (Lipinski definition) is 4. The molecule has 1 atom stereocenters. The number of amidine groups is 1. The maximum Gasteiger partial charge on any atom is 0.408 e. The van der Waals surface area contributed by atoms with Crippen molar-refractivity contribution >= 4 is 29.2 Å². The lowest BCUT2D eigenvalue weighted by molar-refractivity contribution is -0.152. The molecule has 1 aromatic rings. The van der Waals surface area contributed by atoms with Gasteiger partial charge in [0.25, 0.3) is 0 Å². The van der Waals surface area contributed by atoms with Crippen molar-refractivity contribution in [3.05, 3.63) is 17.9 Å². The molecule has 1 saturated heterocycles. The molecule has 1 aliphatic carbocycles. The van der Waals surface area contributed by atoms with Crippen molar-refractivity contribution in [1.82, 2.24) is 4.72 Å². The molecule has 3 aliphatic rings. The lowest BCUT2D eigenvalue weighted by atomic mass is 10.00. The van der Waals surface area contributed by atoms with Crippen molar-refractivity contribution in [2.45, 2.75) is 49.2 Å². The summed E-state index contributed by atoms with van der Waals surface area (Å²) in [5, 5.41) is 0. The molecule has 0 radical (unpaired) electrons. The van der Waals surface area contributed by atoms with Crippen molar-refractivity contribution in [2.24, 2.45) is 10.9 Å². The second-order valence-corrected chi connectivity index (χ2v) is 7.34. The number of nitrogens with one attached hydrogen (secondary N) is 1. The molecule has 24 heavy (non-hydrogen) atoms. The number of alkyl halides is 3. The van der Waals surface area contributed by atoms with Gasteiger partial charge < -0.3 is 9.62 Å². The van der Waals surface area contributed by atoms with Gasteiger partial charge in [-0.1, -0.05) is 0 Å². The monoisotopic (exact) mass is 359 g/mol. The van der Waals surface area contributed by atoms with Crippen LogP contribution in [0.2, 0.25) is 0 Å². The van der Waals surface area contributed by atoms with E-state index in [9.17, 15) is 17.6 Å². The standard InChI is InChI=1S/C16H17F4N3S/c17-10-7-11(23-6-2-1-3-13(23)16(18,19)20)14-12(8-10)24-22-15(21-14)9-4-5-9/h7-9,13H,1-6H2,(H,21,22)/t13-/m1/s1. The fourth-order valence-corrected chi connectivity index (χ4v) is 4.16. The van der Waals surface area contributed by atoms with E-state index in [0.29, 0.717) is 29.3 Å². The highest BCUT2D eigenvalue weighted by Crippen LogP contribution is 2.46. The van der Waals surface area contributed by atoms with Crippen LogP contribution in [0.4, 0.5) is 28.9 Å². The highest BCUT2D eigenvalue weighted by atomic mass is 32.2. The van der Waals surface area contributed by atoms with Crippen molar-refractivity contribution in [3.63, 3.8) is 0 Å². The van der Waals surface area contributed by atoms with E-state index >= 15 is 0 Å². The second-order valence-electron chi connectivity index (χ2n) is 6.49. The number of aliphatic imine (C=N–C) groups is 1. The number of benzene rings is 1. The summed E-state index contributed by atoms with van der Waals surface area (Å²) in [4.78, 5) is 6.39. The number of hydrogen-bond donors (Lipinski definition) is 1. The Labute approximate surface area is 141 Å². The van der Waals surface area contributed by atoms with Gasteiger partial charge in [-0.3, -0.25) is 0 Å². The van der Waals surface area contributed by atoms with Gasteiger partial charge in [0.2, 0.25) is 0 Å². The number of halogens is 4. The number of anilines is 1. The summed E-state index contributed by atoms with van der Waals surface area (Å²) in [6.45, 7) is 0.270. The quantitative estimate of drug-likeness (QED) is 0.607. The Morgan fingerprint density at radius 1 is 1.17 bits per heavy atom. The minimum absolute atomic E-state index is 0.0410. The first kappa shape index (κ1) is 16.1. The van der Waals surface area contributed by atoms with E-state index < -0.39 is 18.0 Å². The van der Waals surface area contributed by atoms with Crippen molar-refractivity contribution in [1.29, 1.82) is 0 Å². The van der Waals surface area contributed by atoms with E-state index in [1.165, 1.54) is 29.0 Å². The van der Waals surface area contributed by atoms with Gasteiger partial charge in [-0.25, -0.2) is 9.38 Å². The van der Waals surface area contributed by atoms with Crippen molar-refractivity contribution in [2.75, 3.05) is 11.4 Å². The molecule has 0 unspecified atom stereocenters. The molecule has 130 valence electrons. The molecule has 2 aliphatic heterocycles. The van der Waals surface area contributed by atoms with Gasteiger partial charge in [-0.05, 0) is 56.2 Å². The van der Waals surface area contributed by atoms with Crippen LogP contribution in [0.3, 0.4) is 0 Å². The van der Waals surface area contributed by atoms with Crippen LogP contribution in [0.15, 0.2) is 22.0 Å². The zero-order valence-corrected chi connectivity index (χ0v) is 13.7. The Balaban J connectivity index is 1.78. The maximum absolute atomic E-state index is 14.0. The van der Waals surface area contributed by atoms with Gasteiger partial charge in [0.05, 0.1) is 10.6 Å². The Kier molecular flexibility index (Phi) is 3.89. The van der Waals surface area contributed by atoms with Crippen LogP contribution in [-0.4, -0.2) is 24.6 Å². The zero-order valence-electron chi connectivity index (χ0n) is 12.9. The molecule has 0 aromatic heterocycles. The molecule has 0 amide bonds. The molecular formula is C16H17F4N3S. The first-order valence-electron chi connectivity index (χ1n) is 8.12. The second kappa shape index (κ2) is 5.82. The predicted molar refractivity (Wildman–Crippen MR) is 86.3 cm³/mol. The van der Waals surface area contributed by atoms with E-state index in [1.807, 2.05) is 0 Å². The lowest BCUT2D eigenvalue weighted by Gasteiger charge is -2.39. The Morgan fingerprint density at radius 3 is 2.67 bits per heavy atom. The molecular weight excluding hydrogens is 342 g/mol. The molecule has 0 bridgehead atoms. The van der Waals surface area contributed by atoms with Crippen LogP contribution in [0.1, 0.15) is 32.1 Å². The molecule has 2 heterocycles. The highest BCUT2D eigenvalue weighted by molar-refractivity contribution is 7.98. The van der Waals surface area contributed by atoms with Gasteiger partial charge in [0, 0.05) is 12.5 Å². The third kappa shape index (κ3) is 2.96. The normalized spacial score (nSPS) is 24.2. The van der Waals surface area contributed by atoms with Crippen LogP contribution in [0.5, 0.6) is 0 Å². The fraction of sp³-hybridized carbons (Fsp3) is 0.562. The first-order valence-corrected chi connectivity index (χ1v) is 8.93. The largest absolute Gasteiger partial charge is 0.408 e. The third-order valence-electron chi connectivity index (χ3n) is 4.67. The van der Waals surface area contributed by atoms with Gasteiger partial charge in [-0.15, -0.1) is 0 Å². The summed E-state index contributed by atoms with van der Waals surface area (Å²) in [7, 11) is 0. The number of rotatable bonds is 2. The summed E-state index contributed by atoms with van der Waals surface area (Å²) < 4.78 is 57.4. The summed E-state index contributed by atoms with van der Waals surface area (Å²) in [5.74, 6) is 0.610. The average molecular weight is 359 g/mol. The van der Waals surface area contributed by atoms with E-state index in [4.69, 9.17) is 0 Å². The number of nitrogens with zero attached hydrogens (tertiary/aromatic N) is 2. The average Bonchev–Trinajstić information content (AvgIpc) is 3.38. The topological polar surface area (TPSA) is 27.6 Å². The summed E-state index contributed by atoms with van der Waals surface area (Å²) in [6, 6.07) is 0.954. The van der Waals surface area contributed by atoms with Crippen LogP contribution in [0, 0.1) is 11.7 Å². The predicted octanol–water partition coefficient (Wildman–Crippen LogP) is 4.80. The first-order chi connectivity index (χ1) is 11.4. The van der Waals surface area contributed by atoms with Gasteiger partial charge >= 0.3 is 6.18 Å². The van der Waals surface area contributed by atoms with Crippen molar-refractivity contribution in [3.8, 4) is 0 Å². The van der Waals surface area contributed by atoms with Crippen LogP contribution >= 0.6 is 11.9 Å². The lowest BCUT2D eigenvalue weighted by Crippen LogP contribution is -2.49. The molecule has 4 rings (SSSR count). The van der Waals surface area contributed by atoms with Crippen LogP contribution in [-0.2, 0) is 0 Å². The molecule has 1 saturated carbocycles. The minimum Gasteiger partial charge on any atom is -0.358 e. The highest BCUT2D eigenvalue weighted by Gasteiger charge is 2.45. The number of piperidine rings is 1. The molecule has 1 aromatic carbocycles. The van der Waals surface area contributed by atoms with E-state index in [-0.39, 0.29) is 18.7 Å².